The van der Waals surface area contributed by atoms with Crippen molar-refractivity contribution in [1.82, 2.24) is 4.98 Å². The van der Waals surface area contributed by atoms with Gasteiger partial charge in [-0.1, -0.05) is 31.2 Å². The van der Waals surface area contributed by atoms with Crippen LogP contribution in [0.5, 0.6) is 0 Å². The van der Waals surface area contributed by atoms with Crippen LogP contribution in [0.3, 0.4) is 0 Å². The fourth-order valence-corrected chi connectivity index (χ4v) is 2.01. The molecule has 0 amide bonds. The second-order valence-electron chi connectivity index (χ2n) is 4.71. The zero-order valence-electron chi connectivity index (χ0n) is 11.3. The average molecular weight is 240 g/mol. The molecule has 0 saturated heterocycles. The van der Waals surface area contributed by atoms with Gasteiger partial charge in [0.1, 0.15) is 0 Å². The van der Waals surface area contributed by atoms with Gasteiger partial charge in [-0.2, -0.15) is 0 Å². The van der Waals surface area contributed by atoms with Crippen molar-refractivity contribution in [2.24, 2.45) is 0 Å². The fourth-order valence-electron chi connectivity index (χ4n) is 2.01. The number of anilines is 1. The molecular weight excluding hydrogens is 220 g/mol. The summed E-state index contributed by atoms with van der Waals surface area (Å²) in [5.74, 6) is 0. The van der Waals surface area contributed by atoms with Crippen molar-refractivity contribution in [3.63, 3.8) is 0 Å². The molecule has 0 radical (unpaired) electrons. The van der Waals surface area contributed by atoms with E-state index in [-0.39, 0.29) is 0 Å². The van der Waals surface area contributed by atoms with E-state index in [1.807, 2.05) is 12.4 Å². The molecule has 0 aliphatic rings. The van der Waals surface area contributed by atoms with E-state index >= 15 is 0 Å². The lowest BCUT2D eigenvalue weighted by molar-refractivity contribution is 0.880. The van der Waals surface area contributed by atoms with E-state index in [1.54, 1.807) is 0 Å². The Morgan fingerprint density at radius 2 is 1.89 bits per heavy atom. The molecule has 2 nitrogen and oxygen atoms in total. The van der Waals surface area contributed by atoms with E-state index in [4.69, 9.17) is 0 Å². The summed E-state index contributed by atoms with van der Waals surface area (Å²) in [7, 11) is 0. The molecule has 1 heterocycles. The number of aryl methyl sites for hydroxylation is 2. The van der Waals surface area contributed by atoms with E-state index in [0.717, 1.165) is 12.1 Å². The van der Waals surface area contributed by atoms with Gasteiger partial charge >= 0.3 is 0 Å². The van der Waals surface area contributed by atoms with E-state index in [0.29, 0.717) is 6.04 Å². The Labute approximate surface area is 109 Å². The maximum Gasteiger partial charge on any atom is 0.0534 e. The van der Waals surface area contributed by atoms with Gasteiger partial charge in [0, 0.05) is 18.4 Å². The van der Waals surface area contributed by atoms with Crippen molar-refractivity contribution in [3.8, 4) is 0 Å². The molecule has 1 aromatic heterocycles. The van der Waals surface area contributed by atoms with Gasteiger partial charge in [0.25, 0.3) is 0 Å². The van der Waals surface area contributed by atoms with Gasteiger partial charge in [-0.25, -0.2) is 0 Å². The van der Waals surface area contributed by atoms with Gasteiger partial charge in [0.2, 0.25) is 0 Å². The quantitative estimate of drug-likeness (QED) is 0.869. The first-order valence-electron chi connectivity index (χ1n) is 6.46. The molecule has 2 heteroatoms. The Bertz CT molecular complexity index is 503. The summed E-state index contributed by atoms with van der Waals surface area (Å²) in [6.45, 7) is 6.40. The first kappa shape index (κ1) is 12.6. The Hall–Kier alpha value is -1.83. The highest BCUT2D eigenvalue weighted by Crippen LogP contribution is 2.19. The third-order valence-electron chi connectivity index (χ3n) is 3.15. The van der Waals surface area contributed by atoms with E-state index in [9.17, 15) is 0 Å². The highest BCUT2D eigenvalue weighted by atomic mass is 14.9. The van der Waals surface area contributed by atoms with Gasteiger partial charge in [-0.15, -0.1) is 0 Å². The van der Waals surface area contributed by atoms with Gasteiger partial charge in [0.05, 0.1) is 5.69 Å². The van der Waals surface area contributed by atoms with Crippen molar-refractivity contribution < 1.29 is 0 Å². The van der Waals surface area contributed by atoms with E-state index < -0.39 is 0 Å². The van der Waals surface area contributed by atoms with Gasteiger partial charge in [-0.3, -0.25) is 4.98 Å². The Morgan fingerprint density at radius 3 is 2.50 bits per heavy atom. The first-order valence-corrected chi connectivity index (χ1v) is 6.46. The minimum absolute atomic E-state index is 0.291. The number of benzene rings is 1. The topological polar surface area (TPSA) is 24.9 Å². The van der Waals surface area contributed by atoms with Crippen LogP contribution in [-0.4, -0.2) is 4.98 Å². The van der Waals surface area contributed by atoms with Gasteiger partial charge in [-0.05, 0) is 43.0 Å². The minimum atomic E-state index is 0.291. The normalized spacial score (nSPS) is 12.2. The molecule has 94 valence electrons. The summed E-state index contributed by atoms with van der Waals surface area (Å²) in [6.07, 6.45) is 4.82. The van der Waals surface area contributed by atoms with Gasteiger partial charge in [0.15, 0.2) is 0 Å². The number of aromatic nitrogens is 1. The zero-order chi connectivity index (χ0) is 13.0. The van der Waals surface area contributed by atoms with Crippen LogP contribution in [0.1, 0.15) is 36.6 Å². The van der Waals surface area contributed by atoms with Crippen LogP contribution in [-0.2, 0) is 6.42 Å². The van der Waals surface area contributed by atoms with Crippen molar-refractivity contribution >= 4 is 5.69 Å². The molecule has 1 aromatic carbocycles. The fraction of sp³-hybridized carbons (Fsp3) is 0.312. The SMILES string of the molecule is CCc1ccc(C(C)Nc2cncc(C)c2)cc1. The molecular formula is C16H20N2. The van der Waals surface area contributed by atoms with Crippen LogP contribution < -0.4 is 5.32 Å². The summed E-state index contributed by atoms with van der Waals surface area (Å²) in [6, 6.07) is 11.2. The molecule has 2 aromatic rings. The molecule has 0 aliphatic heterocycles. The second-order valence-corrected chi connectivity index (χ2v) is 4.71. The van der Waals surface area contributed by atoms with Crippen molar-refractivity contribution in [2.75, 3.05) is 5.32 Å². The summed E-state index contributed by atoms with van der Waals surface area (Å²) in [5, 5.41) is 3.47. The standard InChI is InChI=1S/C16H20N2/c1-4-14-5-7-15(8-6-14)13(3)18-16-9-12(2)10-17-11-16/h5-11,13,18H,4H2,1-3H3. The molecule has 18 heavy (non-hydrogen) atoms. The monoisotopic (exact) mass is 240 g/mol. The zero-order valence-corrected chi connectivity index (χ0v) is 11.3. The predicted molar refractivity (Wildman–Crippen MR) is 76.8 cm³/mol. The number of pyridine rings is 1. The predicted octanol–water partition coefficient (Wildman–Crippen LogP) is 4.13. The van der Waals surface area contributed by atoms with Crippen LogP contribution in [0.25, 0.3) is 0 Å². The first-order chi connectivity index (χ1) is 8.69. The molecule has 0 bridgehead atoms. The summed E-state index contributed by atoms with van der Waals surface area (Å²) in [5.41, 5.74) is 4.92. The van der Waals surface area contributed by atoms with E-state index in [2.05, 4.69) is 61.4 Å². The van der Waals surface area contributed by atoms with Crippen LogP contribution in [0.2, 0.25) is 0 Å². The lowest BCUT2D eigenvalue weighted by Gasteiger charge is -2.16. The lowest BCUT2D eigenvalue weighted by atomic mass is 10.0. The smallest absolute Gasteiger partial charge is 0.0534 e. The molecule has 2 rings (SSSR count). The van der Waals surface area contributed by atoms with Crippen molar-refractivity contribution in [3.05, 3.63) is 59.4 Å². The minimum Gasteiger partial charge on any atom is -0.377 e. The number of hydrogen-bond acceptors (Lipinski definition) is 2. The third-order valence-corrected chi connectivity index (χ3v) is 3.15. The van der Waals surface area contributed by atoms with Crippen LogP contribution in [0.15, 0.2) is 42.7 Å². The largest absolute Gasteiger partial charge is 0.377 e. The van der Waals surface area contributed by atoms with Crippen molar-refractivity contribution in [1.29, 1.82) is 0 Å². The highest BCUT2D eigenvalue weighted by Gasteiger charge is 2.05. The summed E-state index contributed by atoms with van der Waals surface area (Å²) >= 11 is 0. The lowest BCUT2D eigenvalue weighted by Crippen LogP contribution is -2.07. The second kappa shape index (κ2) is 5.67. The maximum absolute atomic E-state index is 4.20. The Kier molecular flexibility index (Phi) is 3.98. The number of nitrogens with one attached hydrogen (secondary N) is 1. The molecule has 0 fully saturated rings. The molecule has 0 spiro atoms. The molecule has 0 saturated carbocycles. The van der Waals surface area contributed by atoms with Crippen molar-refractivity contribution in [2.45, 2.75) is 33.2 Å². The van der Waals surface area contributed by atoms with Crippen LogP contribution in [0.4, 0.5) is 5.69 Å². The average Bonchev–Trinajstić information content (AvgIpc) is 2.39. The van der Waals surface area contributed by atoms with Crippen LogP contribution in [0, 0.1) is 6.92 Å². The highest BCUT2D eigenvalue weighted by molar-refractivity contribution is 5.45. The molecule has 1 unspecified atom stereocenters. The summed E-state index contributed by atoms with van der Waals surface area (Å²) < 4.78 is 0. The summed E-state index contributed by atoms with van der Waals surface area (Å²) in [4.78, 5) is 4.20. The molecule has 0 aliphatic carbocycles. The number of nitrogens with zero attached hydrogens (tertiary/aromatic N) is 1. The third kappa shape index (κ3) is 3.10. The molecule has 1 atom stereocenters. The van der Waals surface area contributed by atoms with Gasteiger partial charge < -0.3 is 5.32 Å². The van der Waals surface area contributed by atoms with Crippen LogP contribution >= 0.6 is 0 Å². The Balaban J connectivity index is 2.09. The maximum atomic E-state index is 4.20. The number of hydrogen-bond donors (Lipinski definition) is 1. The van der Waals surface area contributed by atoms with E-state index in [1.165, 1.54) is 16.7 Å². The Morgan fingerprint density at radius 1 is 1.17 bits per heavy atom. The molecule has 1 N–H and O–H groups in total. The number of rotatable bonds is 4.